The van der Waals surface area contributed by atoms with Gasteiger partial charge in [-0.3, -0.25) is 9.52 Å². The number of amides is 1. The SMILES string of the molecule is CC(=O)NS(=O)(=O)CC1CCC1. The highest BCUT2D eigenvalue weighted by atomic mass is 32.2. The summed E-state index contributed by atoms with van der Waals surface area (Å²) in [6.07, 6.45) is 3.05. The van der Waals surface area contributed by atoms with E-state index in [4.69, 9.17) is 0 Å². The lowest BCUT2D eigenvalue weighted by molar-refractivity contribution is -0.117. The van der Waals surface area contributed by atoms with Gasteiger partial charge in [0, 0.05) is 6.92 Å². The fourth-order valence-electron chi connectivity index (χ4n) is 1.23. The van der Waals surface area contributed by atoms with Gasteiger partial charge in [0.15, 0.2) is 0 Å². The Hall–Kier alpha value is -0.580. The van der Waals surface area contributed by atoms with Crippen LogP contribution in [0.15, 0.2) is 0 Å². The Labute approximate surface area is 72.4 Å². The lowest BCUT2D eigenvalue weighted by Gasteiger charge is -2.24. The molecule has 1 amide bonds. The molecule has 0 unspecified atom stereocenters. The maximum atomic E-state index is 11.1. The summed E-state index contributed by atoms with van der Waals surface area (Å²) in [5.41, 5.74) is 0. The number of carbonyl (C=O) groups excluding carboxylic acids is 1. The van der Waals surface area contributed by atoms with Crippen molar-refractivity contribution < 1.29 is 13.2 Å². The van der Waals surface area contributed by atoms with Gasteiger partial charge >= 0.3 is 0 Å². The van der Waals surface area contributed by atoms with Crippen LogP contribution in [0.1, 0.15) is 26.2 Å². The van der Waals surface area contributed by atoms with E-state index in [2.05, 4.69) is 0 Å². The van der Waals surface area contributed by atoms with Crippen molar-refractivity contribution in [2.45, 2.75) is 26.2 Å². The summed E-state index contributed by atoms with van der Waals surface area (Å²) in [5, 5.41) is 0. The summed E-state index contributed by atoms with van der Waals surface area (Å²) in [5.74, 6) is -0.136. The molecule has 1 saturated carbocycles. The van der Waals surface area contributed by atoms with Crippen molar-refractivity contribution in [3.05, 3.63) is 0 Å². The van der Waals surface area contributed by atoms with Crippen molar-refractivity contribution in [3.8, 4) is 0 Å². The predicted octanol–water partition coefficient (Wildman–Crippen LogP) is 0.252. The van der Waals surface area contributed by atoms with Crippen LogP contribution in [0.4, 0.5) is 0 Å². The molecule has 1 N–H and O–H groups in total. The Kier molecular flexibility index (Phi) is 2.72. The third-order valence-corrected chi connectivity index (χ3v) is 3.49. The number of nitrogens with one attached hydrogen (secondary N) is 1. The summed E-state index contributed by atoms with van der Waals surface area (Å²) >= 11 is 0. The van der Waals surface area contributed by atoms with E-state index >= 15 is 0 Å². The molecule has 0 heterocycles. The average Bonchev–Trinajstić information content (AvgIpc) is 1.76. The molecule has 0 radical (unpaired) electrons. The van der Waals surface area contributed by atoms with Gasteiger partial charge in [0.05, 0.1) is 5.75 Å². The minimum Gasteiger partial charge on any atom is -0.274 e. The van der Waals surface area contributed by atoms with Crippen molar-refractivity contribution in [2.24, 2.45) is 5.92 Å². The van der Waals surface area contributed by atoms with Crippen LogP contribution in [0.5, 0.6) is 0 Å². The van der Waals surface area contributed by atoms with Gasteiger partial charge in [-0.05, 0) is 18.8 Å². The molecule has 1 aliphatic carbocycles. The minimum atomic E-state index is -3.34. The summed E-state index contributed by atoms with van der Waals surface area (Å²) in [4.78, 5) is 10.5. The quantitative estimate of drug-likeness (QED) is 0.695. The van der Waals surface area contributed by atoms with Crippen molar-refractivity contribution in [1.82, 2.24) is 4.72 Å². The van der Waals surface area contributed by atoms with E-state index in [-0.39, 0.29) is 11.7 Å². The zero-order valence-electron chi connectivity index (χ0n) is 7.04. The Morgan fingerprint density at radius 1 is 1.50 bits per heavy atom. The number of carbonyl (C=O) groups is 1. The monoisotopic (exact) mass is 191 g/mol. The standard InChI is InChI=1S/C7H13NO3S/c1-6(9)8-12(10,11)5-7-3-2-4-7/h7H,2-5H2,1H3,(H,8,9). The molecule has 0 atom stereocenters. The van der Waals surface area contributed by atoms with Gasteiger partial charge in [-0.25, -0.2) is 8.42 Å². The van der Waals surface area contributed by atoms with Crippen LogP contribution in [0.3, 0.4) is 0 Å². The molecule has 1 fully saturated rings. The summed E-state index contributed by atoms with van der Waals surface area (Å²) in [6, 6.07) is 0. The van der Waals surface area contributed by atoms with Gasteiger partial charge in [-0.1, -0.05) is 6.42 Å². The molecular weight excluding hydrogens is 178 g/mol. The number of hydrogen-bond acceptors (Lipinski definition) is 3. The molecule has 12 heavy (non-hydrogen) atoms. The highest BCUT2D eigenvalue weighted by molar-refractivity contribution is 7.90. The molecule has 0 aromatic heterocycles. The number of rotatable bonds is 3. The summed E-state index contributed by atoms with van der Waals surface area (Å²) in [7, 11) is -3.34. The van der Waals surface area contributed by atoms with E-state index in [0.29, 0.717) is 0 Å². The normalized spacial score (nSPS) is 18.4. The van der Waals surface area contributed by atoms with Gasteiger partial charge in [-0.2, -0.15) is 0 Å². The molecule has 4 nitrogen and oxygen atoms in total. The van der Waals surface area contributed by atoms with Gasteiger partial charge in [-0.15, -0.1) is 0 Å². The van der Waals surface area contributed by atoms with E-state index in [0.717, 1.165) is 19.3 Å². The molecule has 0 aromatic rings. The average molecular weight is 191 g/mol. The van der Waals surface area contributed by atoms with Crippen LogP contribution >= 0.6 is 0 Å². The largest absolute Gasteiger partial charge is 0.274 e. The van der Waals surface area contributed by atoms with Crippen LogP contribution < -0.4 is 4.72 Å². The van der Waals surface area contributed by atoms with E-state index in [9.17, 15) is 13.2 Å². The molecule has 0 aromatic carbocycles. The van der Waals surface area contributed by atoms with Crippen LogP contribution in [0.25, 0.3) is 0 Å². The first-order chi connectivity index (χ1) is 5.49. The van der Waals surface area contributed by atoms with Crippen molar-refractivity contribution in [3.63, 3.8) is 0 Å². The Morgan fingerprint density at radius 2 is 2.08 bits per heavy atom. The Bertz CT molecular complexity index is 266. The first-order valence-electron chi connectivity index (χ1n) is 4.01. The van der Waals surface area contributed by atoms with E-state index < -0.39 is 15.9 Å². The summed E-state index contributed by atoms with van der Waals surface area (Å²) in [6.45, 7) is 1.21. The lowest BCUT2D eigenvalue weighted by atomic mass is 9.87. The van der Waals surface area contributed by atoms with E-state index in [1.165, 1.54) is 6.92 Å². The zero-order chi connectivity index (χ0) is 9.19. The molecule has 1 rings (SSSR count). The van der Waals surface area contributed by atoms with Crippen LogP contribution in [-0.2, 0) is 14.8 Å². The third kappa shape index (κ3) is 2.81. The van der Waals surface area contributed by atoms with E-state index in [1.54, 1.807) is 0 Å². The first kappa shape index (κ1) is 9.51. The van der Waals surface area contributed by atoms with Crippen molar-refractivity contribution >= 4 is 15.9 Å². The van der Waals surface area contributed by atoms with Crippen molar-refractivity contribution in [2.75, 3.05) is 5.75 Å². The maximum Gasteiger partial charge on any atom is 0.235 e. The molecule has 0 spiro atoms. The van der Waals surface area contributed by atoms with Gasteiger partial charge in [0.2, 0.25) is 15.9 Å². The molecule has 0 saturated heterocycles. The molecule has 1 aliphatic rings. The maximum absolute atomic E-state index is 11.1. The second-order valence-corrected chi connectivity index (χ2v) is 5.00. The second-order valence-electron chi connectivity index (χ2n) is 3.24. The first-order valence-corrected chi connectivity index (χ1v) is 5.66. The zero-order valence-corrected chi connectivity index (χ0v) is 7.86. The molecule has 0 bridgehead atoms. The molecule has 70 valence electrons. The van der Waals surface area contributed by atoms with Crippen LogP contribution in [-0.4, -0.2) is 20.1 Å². The van der Waals surface area contributed by atoms with Crippen LogP contribution in [0, 0.1) is 5.92 Å². The summed E-state index contributed by atoms with van der Waals surface area (Å²) < 4.78 is 24.2. The fourth-order valence-corrected chi connectivity index (χ4v) is 2.71. The topological polar surface area (TPSA) is 63.2 Å². The molecule has 0 aliphatic heterocycles. The minimum absolute atomic E-state index is 0.104. The number of sulfonamides is 1. The predicted molar refractivity (Wildman–Crippen MR) is 44.9 cm³/mol. The van der Waals surface area contributed by atoms with Gasteiger partial charge in [0.1, 0.15) is 0 Å². The van der Waals surface area contributed by atoms with Gasteiger partial charge in [0.25, 0.3) is 0 Å². The van der Waals surface area contributed by atoms with Crippen molar-refractivity contribution in [1.29, 1.82) is 0 Å². The third-order valence-electron chi connectivity index (χ3n) is 1.98. The Balaban J connectivity index is 2.42. The van der Waals surface area contributed by atoms with Gasteiger partial charge < -0.3 is 0 Å². The Morgan fingerprint density at radius 3 is 2.42 bits per heavy atom. The van der Waals surface area contributed by atoms with Crippen LogP contribution in [0.2, 0.25) is 0 Å². The number of hydrogen-bond donors (Lipinski definition) is 1. The highest BCUT2D eigenvalue weighted by Crippen LogP contribution is 2.27. The van der Waals surface area contributed by atoms with E-state index in [1.807, 2.05) is 4.72 Å². The lowest BCUT2D eigenvalue weighted by Crippen LogP contribution is -2.34. The smallest absolute Gasteiger partial charge is 0.235 e. The second kappa shape index (κ2) is 3.43. The fraction of sp³-hybridized carbons (Fsp3) is 0.857. The highest BCUT2D eigenvalue weighted by Gasteiger charge is 2.24. The molecular formula is C7H13NO3S. The molecule has 5 heteroatoms.